The van der Waals surface area contributed by atoms with Gasteiger partial charge in [-0.2, -0.15) is 0 Å². The number of hydrogen-bond acceptors (Lipinski definition) is 5. The van der Waals surface area contributed by atoms with Crippen molar-refractivity contribution in [1.82, 2.24) is 0 Å². The quantitative estimate of drug-likeness (QED) is 0.634. The van der Waals surface area contributed by atoms with Crippen molar-refractivity contribution in [2.45, 2.75) is 90.3 Å². The number of carbonyl (C=O) groups excluding carboxylic acids is 1. The number of ether oxygens (including phenoxy) is 1. The van der Waals surface area contributed by atoms with Crippen LogP contribution in [0.15, 0.2) is 18.2 Å². The molecular weight excluding hydrogens is 416 g/mol. The van der Waals surface area contributed by atoms with Gasteiger partial charge < -0.3 is 18.5 Å². The zero-order chi connectivity index (χ0) is 23.4. The van der Waals surface area contributed by atoms with Gasteiger partial charge in [-0.05, 0) is 58.7 Å². The normalized spacial score (nSPS) is 23.4. The Morgan fingerprint density at radius 2 is 1.71 bits per heavy atom. The number of carbonyl (C=O) groups is 1. The second-order valence-corrected chi connectivity index (χ2v) is 12.7. The molecule has 0 N–H and O–H groups in total. The highest BCUT2D eigenvalue weighted by atomic mass is 28.2. The standard InChI is InChI=1S/C22H33BFNO5Si/c1-19(2,3)31-30-20(4,5)17-13-25(18(26)27-17)14-10-11-15(16(24)12-14)23-28-21(6,7)22(8,9)29-23/h10-12,17H,13H2,1-9H3. The first kappa shape index (κ1) is 24.2. The highest BCUT2D eigenvalue weighted by Crippen LogP contribution is 2.37. The number of hydrogen-bond donors (Lipinski definition) is 0. The van der Waals surface area contributed by atoms with Gasteiger partial charge in [-0.3, -0.25) is 4.90 Å². The van der Waals surface area contributed by atoms with Crippen molar-refractivity contribution in [3.05, 3.63) is 24.0 Å². The molecule has 31 heavy (non-hydrogen) atoms. The number of amides is 1. The van der Waals surface area contributed by atoms with Gasteiger partial charge in [-0.1, -0.05) is 26.8 Å². The highest BCUT2D eigenvalue weighted by Gasteiger charge is 2.52. The van der Waals surface area contributed by atoms with Crippen molar-refractivity contribution < 1.29 is 27.7 Å². The summed E-state index contributed by atoms with van der Waals surface area (Å²) < 4.78 is 38.6. The van der Waals surface area contributed by atoms with E-state index in [1.807, 2.05) is 41.5 Å². The third-order valence-electron chi connectivity index (χ3n) is 6.01. The molecule has 0 aromatic heterocycles. The van der Waals surface area contributed by atoms with Crippen molar-refractivity contribution in [2.75, 3.05) is 11.4 Å². The molecule has 1 aromatic carbocycles. The molecule has 2 fully saturated rings. The van der Waals surface area contributed by atoms with Gasteiger partial charge in [-0.25, -0.2) is 9.18 Å². The summed E-state index contributed by atoms with van der Waals surface area (Å²) >= 11 is 0. The lowest BCUT2D eigenvalue weighted by molar-refractivity contribution is -0.0133. The maximum atomic E-state index is 15.0. The van der Waals surface area contributed by atoms with Gasteiger partial charge in [0.2, 0.25) is 9.76 Å². The molecule has 1 unspecified atom stereocenters. The van der Waals surface area contributed by atoms with Crippen LogP contribution in [-0.2, 0) is 18.5 Å². The van der Waals surface area contributed by atoms with E-state index in [4.69, 9.17) is 18.5 Å². The van der Waals surface area contributed by atoms with Crippen LogP contribution in [0.5, 0.6) is 0 Å². The predicted octanol–water partition coefficient (Wildman–Crippen LogP) is 4.08. The Kier molecular flexibility index (Phi) is 6.15. The fourth-order valence-electron chi connectivity index (χ4n) is 3.23. The highest BCUT2D eigenvalue weighted by molar-refractivity contribution is 6.62. The van der Waals surface area contributed by atoms with Crippen LogP contribution in [0.2, 0.25) is 5.04 Å². The molecule has 2 aliphatic rings. The zero-order valence-electron chi connectivity index (χ0n) is 20.0. The van der Waals surface area contributed by atoms with Gasteiger partial charge in [-0.15, -0.1) is 0 Å². The van der Waals surface area contributed by atoms with E-state index in [9.17, 15) is 4.79 Å². The van der Waals surface area contributed by atoms with Gasteiger partial charge in [0, 0.05) is 5.46 Å². The van der Waals surface area contributed by atoms with Crippen LogP contribution in [0.1, 0.15) is 62.3 Å². The molecule has 170 valence electrons. The first-order valence-electron chi connectivity index (χ1n) is 10.6. The molecule has 0 spiro atoms. The molecule has 0 aliphatic carbocycles. The molecule has 1 atom stereocenters. The van der Waals surface area contributed by atoms with Crippen LogP contribution in [0.25, 0.3) is 0 Å². The SMILES string of the molecule is CC(C)(C)[Si]OC(C)(C)C1CN(c2ccc(B3OC(C)(C)C(C)(C)O3)c(F)c2)C(=O)O1. The van der Waals surface area contributed by atoms with Gasteiger partial charge in [0.25, 0.3) is 0 Å². The smallest absolute Gasteiger partial charge is 0.441 e. The lowest BCUT2D eigenvalue weighted by Gasteiger charge is -2.32. The minimum atomic E-state index is -0.803. The number of anilines is 1. The van der Waals surface area contributed by atoms with Crippen LogP contribution in [0.3, 0.4) is 0 Å². The summed E-state index contributed by atoms with van der Waals surface area (Å²) in [4.78, 5) is 14.0. The summed E-state index contributed by atoms with van der Waals surface area (Å²) in [5.74, 6) is -0.489. The number of benzene rings is 1. The summed E-state index contributed by atoms with van der Waals surface area (Å²) in [7, 11) is -0.540. The molecule has 3 rings (SSSR count). The van der Waals surface area contributed by atoms with Gasteiger partial charge in [0.15, 0.2) is 0 Å². The molecule has 1 aromatic rings. The Morgan fingerprint density at radius 3 is 2.23 bits per heavy atom. The predicted molar refractivity (Wildman–Crippen MR) is 120 cm³/mol. The molecule has 6 nitrogen and oxygen atoms in total. The topological polar surface area (TPSA) is 57.2 Å². The van der Waals surface area contributed by atoms with Crippen LogP contribution in [-0.4, -0.2) is 52.4 Å². The Morgan fingerprint density at radius 1 is 1.13 bits per heavy atom. The first-order chi connectivity index (χ1) is 14.0. The summed E-state index contributed by atoms with van der Waals surface area (Å²) in [6.07, 6.45) is -0.968. The third-order valence-corrected chi connectivity index (χ3v) is 7.25. The van der Waals surface area contributed by atoms with E-state index in [1.165, 1.54) is 11.0 Å². The fourth-order valence-corrected chi connectivity index (χ4v) is 3.93. The Balaban J connectivity index is 1.74. The van der Waals surface area contributed by atoms with Gasteiger partial charge in [0.05, 0.1) is 29.0 Å². The van der Waals surface area contributed by atoms with E-state index < -0.39 is 41.9 Å². The van der Waals surface area contributed by atoms with Crippen LogP contribution in [0.4, 0.5) is 14.9 Å². The monoisotopic (exact) mass is 449 g/mol. The maximum Gasteiger partial charge on any atom is 0.497 e. The summed E-state index contributed by atoms with van der Waals surface area (Å²) in [6.45, 7) is 18.1. The molecule has 0 saturated carbocycles. The van der Waals surface area contributed by atoms with Crippen molar-refractivity contribution in [2.24, 2.45) is 0 Å². The van der Waals surface area contributed by atoms with E-state index in [0.29, 0.717) is 11.2 Å². The van der Waals surface area contributed by atoms with Crippen LogP contribution < -0.4 is 10.4 Å². The van der Waals surface area contributed by atoms with Crippen molar-refractivity contribution in [3.63, 3.8) is 0 Å². The molecule has 9 heteroatoms. The lowest BCUT2D eigenvalue weighted by atomic mass is 9.78. The molecule has 1 amide bonds. The summed E-state index contributed by atoms with van der Waals surface area (Å²) in [6, 6.07) is 4.63. The summed E-state index contributed by atoms with van der Waals surface area (Å²) in [5, 5.41) is 0.0199. The van der Waals surface area contributed by atoms with Crippen molar-refractivity contribution >= 4 is 34.1 Å². The molecule has 2 radical (unpaired) electrons. The Labute approximate surface area is 187 Å². The van der Waals surface area contributed by atoms with Crippen LogP contribution in [0, 0.1) is 5.82 Å². The Bertz CT molecular complexity index is 839. The average Bonchev–Trinajstić information content (AvgIpc) is 3.10. The van der Waals surface area contributed by atoms with Gasteiger partial charge in [0.1, 0.15) is 11.9 Å². The van der Waals surface area contributed by atoms with Crippen molar-refractivity contribution in [3.8, 4) is 0 Å². The Hall–Kier alpha value is -1.42. The van der Waals surface area contributed by atoms with Crippen LogP contribution >= 0.6 is 0 Å². The van der Waals surface area contributed by atoms with Crippen molar-refractivity contribution in [1.29, 1.82) is 0 Å². The molecule has 2 aliphatic heterocycles. The minimum absolute atomic E-state index is 0.0199. The van der Waals surface area contributed by atoms with E-state index in [0.717, 1.165) is 0 Å². The molecular formula is C22H33BFNO5Si. The average molecular weight is 449 g/mol. The van der Waals surface area contributed by atoms with E-state index in [-0.39, 0.29) is 21.3 Å². The number of halogens is 1. The second kappa shape index (κ2) is 7.86. The first-order valence-corrected chi connectivity index (χ1v) is 11.5. The molecule has 2 heterocycles. The number of cyclic esters (lactones) is 1. The van der Waals surface area contributed by atoms with Gasteiger partial charge >= 0.3 is 13.2 Å². The molecule has 2 saturated heterocycles. The summed E-state index contributed by atoms with van der Waals surface area (Å²) in [5.41, 5.74) is -1.04. The fraction of sp³-hybridized carbons (Fsp3) is 0.682. The zero-order valence-corrected chi connectivity index (χ0v) is 21.0. The van der Waals surface area contributed by atoms with E-state index in [2.05, 4.69) is 20.8 Å². The lowest BCUT2D eigenvalue weighted by Crippen LogP contribution is -2.44. The van der Waals surface area contributed by atoms with E-state index >= 15 is 4.39 Å². The maximum absolute atomic E-state index is 15.0. The van der Waals surface area contributed by atoms with E-state index in [1.54, 1.807) is 12.1 Å². The number of rotatable bonds is 5. The minimum Gasteiger partial charge on any atom is -0.441 e. The third kappa shape index (κ3) is 5.00. The largest absolute Gasteiger partial charge is 0.497 e. The number of nitrogens with zero attached hydrogens (tertiary/aromatic N) is 1. The second-order valence-electron chi connectivity index (χ2n) is 10.8. The molecule has 0 bridgehead atoms.